The summed E-state index contributed by atoms with van der Waals surface area (Å²) in [6, 6.07) is 7.98. The van der Waals surface area contributed by atoms with Crippen LogP contribution in [0.2, 0.25) is 0 Å². The fraction of sp³-hybridized carbons (Fsp3) is 0.214. The normalized spacial score (nSPS) is 11.3. The van der Waals surface area contributed by atoms with Crippen LogP contribution < -0.4 is 0 Å². The summed E-state index contributed by atoms with van der Waals surface area (Å²) in [6.45, 7) is 2.15. The van der Waals surface area contributed by atoms with Crippen molar-refractivity contribution in [2.45, 2.75) is 19.8 Å². The number of carbonyl (C=O) groups excluding carboxylic acids is 1. The third-order valence-corrected chi connectivity index (χ3v) is 2.08. The molecule has 0 fully saturated rings. The highest BCUT2D eigenvalue weighted by Crippen LogP contribution is 2.12. The standard InChI is InChI=1S/C14H15O/c1-2-3-4-8-13-9-5-6-10-14(13)11-7-12-15/h4-11H,2-3H2,1H3/b8-4-,11-7?. The summed E-state index contributed by atoms with van der Waals surface area (Å²) in [6.07, 6.45) is 11.4. The van der Waals surface area contributed by atoms with Crippen molar-refractivity contribution in [3.05, 3.63) is 47.5 Å². The van der Waals surface area contributed by atoms with Crippen LogP contribution in [0.25, 0.3) is 12.2 Å². The Bertz CT molecular complexity index is 361. The van der Waals surface area contributed by atoms with Gasteiger partial charge in [-0.2, -0.15) is 0 Å². The second-order valence-electron chi connectivity index (χ2n) is 3.27. The van der Waals surface area contributed by atoms with Crippen molar-refractivity contribution in [3.8, 4) is 0 Å². The average Bonchev–Trinajstić information content (AvgIpc) is 2.28. The van der Waals surface area contributed by atoms with E-state index in [0.717, 1.165) is 24.0 Å². The summed E-state index contributed by atoms with van der Waals surface area (Å²) in [7, 11) is 0. The van der Waals surface area contributed by atoms with Crippen LogP contribution in [0.15, 0.2) is 36.4 Å². The molecular formula is C14H15O. The van der Waals surface area contributed by atoms with Gasteiger partial charge in [0.1, 0.15) is 0 Å². The monoisotopic (exact) mass is 199 g/mol. The summed E-state index contributed by atoms with van der Waals surface area (Å²) in [5.41, 5.74) is 2.19. The molecule has 0 unspecified atom stereocenters. The number of unbranched alkanes of at least 4 members (excludes halogenated alkanes) is 1. The first-order valence-electron chi connectivity index (χ1n) is 5.18. The van der Waals surface area contributed by atoms with Crippen LogP contribution >= 0.6 is 0 Å². The first-order valence-corrected chi connectivity index (χ1v) is 5.18. The number of rotatable bonds is 5. The van der Waals surface area contributed by atoms with Crippen molar-refractivity contribution in [2.24, 2.45) is 0 Å². The van der Waals surface area contributed by atoms with Crippen LogP contribution in [-0.4, -0.2) is 6.29 Å². The maximum Gasteiger partial charge on any atom is 0.225 e. The van der Waals surface area contributed by atoms with Crippen LogP contribution in [0, 0.1) is 0 Å². The van der Waals surface area contributed by atoms with Crippen LogP contribution in [0.1, 0.15) is 30.9 Å². The first kappa shape index (κ1) is 11.4. The second kappa shape index (κ2) is 6.77. The molecule has 15 heavy (non-hydrogen) atoms. The Hall–Kier alpha value is -1.63. The number of hydrogen-bond donors (Lipinski definition) is 0. The first-order chi connectivity index (χ1) is 7.38. The zero-order chi connectivity index (χ0) is 10.9. The van der Waals surface area contributed by atoms with Crippen LogP contribution in [0.3, 0.4) is 0 Å². The minimum Gasteiger partial charge on any atom is -0.286 e. The molecule has 1 aromatic rings. The van der Waals surface area contributed by atoms with E-state index in [4.69, 9.17) is 0 Å². The third kappa shape index (κ3) is 3.94. The Kier molecular flexibility index (Phi) is 5.16. The van der Waals surface area contributed by atoms with Gasteiger partial charge in [0.2, 0.25) is 6.29 Å². The third-order valence-electron chi connectivity index (χ3n) is 2.08. The summed E-state index contributed by atoms with van der Waals surface area (Å²) >= 11 is 0. The van der Waals surface area contributed by atoms with Gasteiger partial charge in [-0.15, -0.1) is 0 Å². The number of benzene rings is 1. The second-order valence-corrected chi connectivity index (χ2v) is 3.27. The largest absolute Gasteiger partial charge is 0.286 e. The average molecular weight is 199 g/mol. The smallest absolute Gasteiger partial charge is 0.225 e. The van der Waals surface area contributed by atoms with E-state index in [-0.39, 0.29) is 0 Å². The maximum absolute atomic E-state index is 10.1. The van der Waals surface area contributed by atoms with Gasteiger partial charge >= 0.3 is 0 Å². The Balaban J connectivity index is 2.85. The van der Waals surface area contributed by atoms with Gasteiger partial charge < -0.3 is 0 Å². The summed E-state index contributed by atoms with van der Waals surface area (Å²) < 4.78 is 0. The predicted molar refractivity (Wildman–Crippen MR) is 65.1 cm³/mol. The lowest BCUT2D eigenvalue weighted by Gasteiger charge is -1.99. The molecule has 0 bridgehead atoms. The van der Waals surface area contributed by atoms with E-state index in [1.807, 2.05) is 24.3 Å². The van der Waals surface area contributed by atoms with Crippen LogP contribution in [0.5, 0.6) is 0 Å². The lowest BCUT2D eigenvalue weighted by atomic mass is 10.1. The van der Waals surface area contributed by atoms with E-state index in [0.29, 0.717) is 0 Å². The van der Waals surface area contributed by atoms with E-state index in [1.165, 1.54) is 6.08 Å². The molecule has 77 valence electrons. The zero-order valence-corrected chi connectivity index (χ0v) is 8.94. The highest BCUT2D eigenvalue weighted by atomic mass is 16.1. The van der Waals surface area contributed by atoms with Gasteiger partial charge in [-0.1, -0.05) is 55.8 Å². The SMILES string of the molecule is CCC/C=C\c1ccccc1C=C[C]=O. The van der Waals surface area contributed by atoms with Crippen molar-refractivity contribution in [1.29, 1.82) is 0 Å². The number of hydrogen-bond acceptors (Lipinski definition) is 1. The topological polar surface area (TPSA) is 17.1 Å². The molecule has 0 aromatic heterocycles. The minimum absolute atomic E-state index is 1.05. The quantitative estimate of drug-likeness (QED) is 0.662. The molecule has 1 heteroatoms. The lowest BCUT2D eigenvalue weighted by Crippen LogP contribution is -1.79. The van der Waals surface area contributed by atoms with Gasteiger partial charge in [0.15, 0.2) is 0 Å². The van der Waals surface area contributed by atoms with Gasteiger partial charge in [-0.05, 0) is 23.6 Å². The van der Waals surface area contributed by atoms with E-state index in [9.17, 15) is 4.79 Å². The van der Waals surface area contributed by atoms with Crippen molar-refractivity contribution in [1.82, 2.24) is 0 Å². The maximum atomic E-state index is 10.1. The van der Waals surface area contributed by atoms with Crippen molar-refractivity contribution >= 4 is 18.4 Å². The molecule has 0 saturated heterocycles. The summed E-state index contributed by atoms with van der Waals surface area (Å²) in [5, 5.41) is 0. The summed E-state index contributed by atoms with van der Waals surface area (Å²) in [5.74, 6) is 0. The Labute approximate surface area is 91.1 Å². The molecule has 0 saturated carbocycles. The van der Waals surface area contributed by atoms with E-state index >= 15 is 0 Å². The molecule has 0 aliphatic rings. The van der Waals surface area contributed by atoms with Crippen LogP contribution in [0.4, 0.5) is 0 Å². The van der Waals surface area contributed by atoms with Crippen LogP contribution in [-0.2, 0) is 4.79 Å². The molecule has 1 aromatic carbocycles. The lowest BCUT2D eigenvalue weighted by molar-refractivity contribution is 0.564. The molecule has 1 rings (SSSR count). The fourth-order valence-electron chi connectivity index (χ4n) is 1.32. The van der Waals surface area contributed by atoms with Gasteiger partial charge in [0.05, 0.1) is 0 Å². The van der Waals surface area contributed by atoms with E-state index in [2.05, 4.69) is 19.1 Å². The van der Waals surface area contributed by atoms with Gasteiger partial charge in [0, 0.05) is 0 Å². The Morgan fingerprint density at radius 1 is 1.20 bits per heavy atom. The Morgan fingerprint density at radius 2 is 1.87 bits per heavy atom. The zero-order valence-electron chi connectivity index (χ0n) is 8.94. The van der Waals surface area contributed by atoms with E-state index in [1.54, 1.807) is 12.4 Å². The fourth-order valence-corrected chi connectivity index (χ4v) is 1.32. The van der Waals surface area contributed by atoms with Gasteiger partial charge in [-0.25, -0.2) is 0 Å². The van der Waals surface area contributed by atoms with Crippen molar-refractivity contribution in [3.63, 3.8) is 0 Å². The number of allylic oxidation sites excluding steroid dienone is 2. The summed E-state index contributed by atoms with van der Waals surface area (Å²) in [4.78, 5) is 10.1. The minimum atomic E-state index is 1.05. The van der Waals surface area contributed by atoms with Gasteiger partial charge in [0.25, 0.3) is 0 Å². The predicted octanol–water partition coefficient (Wildman–Crippen LogP) is 3.62. The molecule has 0 aliphatic carbocycles. The highest BCUT2D eigenvalue weighted by Gasteiger charge is 1.92. The molecular weight excluding hydrogens is 184 g/mol. The molecule has 0 N–H and O–H groups in total. The molecule has 0 spiro atoms. The van der Waals surface area contributed by atoms with Crippen molar-refractivity contribution < 1.29 is 4.79 Å². The molecule has 1 radical (unpaired) electrons. The van der Waals surface area contributed by atoms with E-state index < -0.39 is 0 Å². The molecule has 0 atom stereocenters. The highest BCUT2D eigenvalue weighted by molar-refractivity contribution is 5.77. The van der Waals surface area contributed by atoms with Gasteiger partial charge in [-0.3, -0.25) is 4.79 Å². The molecule has 0 aliphatic heterocycles. The molecule has 0 heterocycles. The Morgan fingerprint density at radius 3 is 2.47 bits per heavy atom. The van der Waals surface area contributed by atoms with Crippen molar-refractivity contribution in [2.75, 3.05) is 0 Å². The molecule has 0 amide bonds. The molecule has 1 nitrogen and oxygen atoms in total.